The summed E-state index contributed by atoms with van der Waals surface area (Å²) in [5, 5.41) is 1.61. The van der Waals surface area contributed by atoms with Crippen molar-refractivity contribution in [3.63, 3.8) is 0 Å². The molecule has 9 heteroatoms. The molecule has 3 amide bonds. The second-order valence-electron chi connectivity index (χ2n) is 8.69. The monoisotopic (exact) mass is 505 g/mol. The van der Waals surface area contributed by atoms with Crippen LogP contribution in [0, 0.1) is 12.8 Å². The van der Waals surface area contributed by atoms with E-state index in [0.29, 0.717) is 27.6 Å². The third-order valence-electron chi connectivity index (χ3n) is 6.61. The van der Waals surface area contributed by atoms with Gasteiger partial charge >= 0.3 is 0 Å². The van der Waals surface area contributed by atoms with E-state index >= 15 is 0 Å². The molecule has 3 atom stereocenters. The predicted molar refractivity (Wildman–Crippen MR) is 134 cm³/mol. The van der Waals surface area contributed by atoms with Gasteiger partial charge in [0.25, 0.3) is 11.8 Å². The van der Waals surface area contributed by atoms with Gasteiger partial charge in [0.15, 0.2) is 0 Å². The molecule has 0 aromatic heterocycles. The minimum absolute atomic E-state index is 0.232. The summed E-state index contributed by atoms with van der Waals surface area (Å²) in [5.41, 5.74) is 5.43. The Bertz CT molecular complexity index is 1360. The number of nitrogens with zero attached hydrogens (tertiary/aromatic N) is 2. The molecule has 1 N–H and O–H groups in total. The van der Waals surface area contributed by atoms with Gasteiger partial charge in [0.1, 0.15) is 17.5 Å². The number of fused-ring (bicyclic) bond motifs is 1. The third kappa shape index (κ3) is 3.79. The van der Waals surface area contributed by atoms with E-state index in [1.54, 1.807) is 30.3 Å². The Balaban J connectivity index is 1.63. The van der Waals surface area contributed by atoms with Crippen molar-refractivity contribution in [3.05, 3.63) is 88.4 Å². The van der Waals surface area contributed by atoms with Gasteiger partial charge < -0.3 is 9.47 Å². The number of halogens is 1. The molecule has 36 heavy (non-hydrogen) atoms. The van der Waals surface area contributed by atoms with Crippen molar-refractivity contribution in [1.82, 2.24) is 10.4 Å². The van der Waals surface area contributed by atoms with Crippen molar-refractivity contribution in [1.29, 1.82) is 0 Å². The fourth-order valence-electron chi connectivity index (χ4n) is 4.87. The number of aryl methyl sites for hydroxylation is 1. The molecule has 8 nitrogen and oxygen atoms in total. The lowest BCUT2D eigenvalue weighted by Gasteiger charge is -2.26. The zero-order valence-corrected chi connectivity index (χ0v) is 20.7. The standard InChI is InChI=1S/C27H24ClN3O5/c1-15-8-10-16(11-9-15)25(32)31-24-22(23(29-31)18-6-4-5-7-20(18)35-2)26(33)30(27(24)34)19-14-17(28)12-13-21(19)36-3/h4-14,22-24,29H,1-3H3/t22-,23-,24-/m0/s1. The maximum Gasteiger partial charge on any atom is 0.268 e. The van der Waals surface area contributed by atoms with Gasteiger partial charge in [0.2, 0.25) is 5.91 Å². The maximum absolute atomic E-state index is 13.9. The van der Waals surface area contributed by atoms with Gasteiger partial charge in [0.05, 0.1) is 31.9 Å². The molecule has 2 aliphatic heterocycles. The first-order valence-electron chi connectivity index (χ1n) is 11.4. The molecule has 3 aromatic carbocycles. The number of rotatable bonds is 5. The van der Waals surface area contributed by atoms with Crippen LogP contribution in [0.25, 0.3) is 0 Å². The molecule has 2 saturated heterocycles. The van der Waals surface area contributed by atoms with Crippen LogP contribution >= 0.6 is 11.6 Å². The first-order valence-corrected chi connectivity index (χ1v) is 11.7. The second kappa shape index (κ2) is 9.29. The Hall–Kier alpha value is -3.88. The number of hydrazine groups is 1. The van der Waals surface area contributed by atoms with Crippen LogP contribution in [-0.4, -0.2) is 43.0 Å². The normalized spacial score (nSPS) is 21.1. The third-order valence-corrected chi connectivity index (χ3v) is 6.84. The van der Waals surface area contributed by atoms with Crippen LogP contribution < -0.4 is 19.8 Å². The number of hydrogen-bond acceptors (Lipinski definition) is 6. The average molecular weight is 506 g/mol. The lowest BCUT2D eigenvalue weighted by molar-refractivity contribution is -0.123. The Labute approximate surface area is 213 Å². The smallest absolute Gasteiger partial charge is 0.268 e. The minimum atomic E-state index is -1.08. The van der Waals surface area contributed by atoms with E-state index in [1.165, 1.54) is 25.3 Å². The highest BCUT2D eigenvalue weighted by atomic mass is 35.5. The lowest BCUT2D eigenvalue weighted by atomic mass is 9.90. The molecule has 5 rings (SSSR count). The number of methoxy groups -OCH3 is 2. The van der Waals surface area contributed by atoms with Crippen molar-refractivity contribution in [2.75, 3.05) is 19.1 Å². The first kappa shape index (κ1) is 23.8. The first-order chi connectivity index (χ1) is 17.3. The number of amides is 3. The largest absolute Gasteiger partial charge is 0.496 e. The second-order valence-corrected chi connectivity index (χ2v) is 9.13. The van der Waals surface area contributed by atoms with Crippen LogP contribution in [0.2, 0.25) is 5.02 Å². The Morgan fingerprint density at radius 2 is 1.61 bits per heavy atom. The van der Waals surface area contributed by atoms with Gasteiger partial charge in [-0.1, -0.05) is 47.5 Å². The predicted octanol–water partition coefficient (Wildman–Crippen LogP) is 3.93. The Morgan fingerprint density at radius 3 is 2.31 bits per heavy atom. The summed E-state index contributed by atoms with van der Waals surface area (Å²) < 4.78 is 10.9. The fourth-order valence-corrected chi connectivity index (χ4v) is 5.03. The van der Waals surface area contributed by atoms with Crippen LogP contribution in [0.5, 0.6) is 11.5 Å². The number of carbonyl (C=O) groups is 3. The molecule has 0 unspecified atom stereocenters. The van der Waals surface area contributed by atoms with Crippen molar-refractivity contribution in [2.24, 2.45) is 5.92 Å². The van der Waals surface area contributed by atoms with Crippen molar-refractivity contribution in [3.8, 4) is 11.5 Å². The van der Waals surface area contributed by atoms with Crippen molar-refractivity contribution < 1.29 is 23.9 Å². The number of nitrogens with one attached hydrogen (secondary N) is 1. The highest BCUT2D eigenvalue weighted by Crippen LogP contribution is 2.46. The molecule has 0 bridgehead atoms. The summed E-state index contributed by atoms with van der Waals surface area (Å²) >= 11 is 6.21. The molecule has 0 aliphatic carbocycles. The molecular weight excluding hydrogens is 482 g/mol. The number of imide groups is 1. The maximum atomic E-state index is 13.9. The fraction of sp³-hybridized carbons (Fsp3) is 0.222. The van der Waals surface area contributed by atoms with Gasteiger partial charge in [-0.3, -0.25) is 19.4 Å². The topological polar surface area (TPSA) is 88.2 Å². The van der Waals surface area contributed by atoms with E-state index in [-0.39, 0.29) is 5.69 Å². The highest BCUT2D eigenvalue weighted by Gasteiger charge is 2.61. The molecule has 2 fully saturated rings. The van der Waals surface area contributed by atoms with Gasteiger partial charge in [-0.2, -0.15) is 0 Å². The number of anilines is 1. The van der Waals surface area contributed by atoms with Crippen molar-refractivity contribution in [2.45, 2.75) is 19.0 Å². The summed E-state index contributed by atoms with van der Waals surface area (Å²) in [6.45, 7) is 1.92. The summed E-state index contributed by atoms with van der Waals surface area (Å²) in [6.07, 6.45) is 0. The number of para-hydroxylation sites is 1. The molecular formula is C27H24ClN3O5. The zero-order chi connectivity index (χ0) is 25.6. The molecule has 2 heterocycles. The van der Waals surface area contributed by atoms with Gasteiger partial charge in [-0.05, 0) is 43.3 Å². The summed E-state index contributed by atoms with van der Waals surface area (Å²) in [6, 6.07) is 17.2. The molecule has 0 spiro atoms. The molecule has 184 valence electrons. The Morgan fingerprint density at radius 1 is 0.917 bits per heavy atom. The zero-order valence-electron chi connectivity index (χ0n) is 19.9. The van der Waals surface area contributed by atoms with Gasteiger partial charge in [0, 0.05) is 16.1 Å². The molecule has 2 aliphatic rings. The summed E-state index contributed by atoms with van der Waals surface area (Å²) in [4.78, 5) is 42.4. The van der Waals surface area contributed by atoms with E-state index < -0.39 is 35.7 Å². The number of carbonyl (C=O) groups excluding carboxylic acids is 3. The summed E-state index contributed by atoms with van der Waals surface area (Å²) in [5.74, 6) is -1.46. The van der Waals surface area contributed by atoms with E-state index in [1.807, 2.05) is 37.3 Å². The van der Waals surface area contributed by atoms with E-state index in [0.717, 1.165) is 10.5 Å². The number of ether oxygens (including phenoxy) is 2. The van der Waals surface area contributed by atoms with Gasteiger partial charge in [-0.15, -0.1) is 0 Å². The number of benzene rings is 3. The van der Waals surface area contributed by atoms with Crippen molar-refractivity contribution >= 4 is 35.0 Å². The Kier molecular flexibility index (Phi) is 6.15. The minimum Gasteiger partial charge on any atom is -0.496 e. The highest BCUT2D eigenvalue weighted by molar-refractivity contribution is 6.32. The lowest BCUT2D eigenvalue weighted by Crippen LogP contribution is -2.48. The van der Waals surface area contributed by atoms with Crippen LogP contribution in [0.4, 0.5) is 5.69 Å². The molecule has 0 radical (unpaired) electrons. The van der Waals surface area contributed by atoms with Crippen LogP contribution in [0.15, 0.2) is 66.7 Å². The number of hydrogen-bond donors (Lipinski definition) is 1. The van der Waals surface area contributed by atoms with Crippen LogP contribution in [0.3, 0.4) is 0 Å². The quantitative estimate of drug-likeness (QED) is 0.529. The average Bonchev–Trinajstić information content (AvgIpc) is 3.40. The van der Waals surface area contributed by atoms with E-state index in [9.17, 15) is 14.4 Å². The van der Waals surface area contributed by atoms with Crippen LogP contribution in [0.1, 0.15) is 27.5 Å². The van der Waals surface area contributed by atoms with E-state index in [2.05, 4.69) is 5.43 Å². The SMILES string of the molecule is COc1ccccc1[C@@H]1NN(C(=O)c2ccc(C)cc2)[C@@H]2C(=O)N(c3cc(Cl)ccc3OC)C(=O)[C@H]21. The summed E-state index contributed by atoms with van der Waals surface area (Å²) in [7, 11) is 2.98. The van der Waals surface area contributed by atoms with E-state index in [4.69, 9.17) is 21.1 Å². The van der Waals surface area contributed by atoms with Gasteiger partial charge in [-0.25, -0.2) is 10.3 Å². The molecule has 0 saturated carbocycles. The van der Waals surface area contributed by atoms with Crippen LogP contribution in [-0.2, 0) is 9.59 Å². The molecule has 3 aromatic rings.